The lowest BCUT2D eigenvalue weighted by Crippen LogP contribution is -2.64. The average molecular weight is 1350 g/mol. The van der Waals surface area contributed by atoms with E-state index in [-0.39, 0.29) is 68.6 Å². The van der Waals surface area contributed by atoms with Gasteiger partial charge in [-0.2, -0.15) is 11.8 Å². The molecule has 0 radical (unpaired) electrons. The quantitative estimate of drug-likeness (QED) is 0.0662. The van der Waals surface area contributed by atoms with Crippen LogP contribution in [0.4, 0.5) is 0 Å². The number of nitrogens with one attached hydrogen (secondary N) is 4. The standard InChI is InChI=1S/C68H123N11O14S/c1-26-28-31-44(13)56(81)55-60(85)71-47(27-2)62(87)77(22)52(38-94-33-30-29-32-80)65(90)76(21)51(37-68(16,17)93-25)59(84)72-53(42(9)10)66(91)73(18)48(34-39(3)4)58(83)69-45(14)57(82)70-46(15)61(86)74(19)49(35-40(5)6)63(88)75(20)50(36-41(7)8)64(89)78(23)54(43(11)12)67(92)79(55)24/h26,28,39-56,80-81H,27,29-38H2,1-25H3,(H,69,83)(H,70,82)(H,71,85)(H,72,84)/b28-26+/t44-,45+,46-,47+,48+,49+,50+,51+,52-,53+,54+,55+,56-/m1/s1. The molecule has 25 nitrogen and oxygen atoms in total. The number of ether oxygens (including phenoxy) is 1. The molecule has 94 heavy (non-hydrogen) atoms. The predicted octanol–water partition coefficient (Wildman–Crippen LogP) is 3.91. The molecule has 13 atom stereocenters. The van der Waals surface area contributed by atoms with Crippen molar-refractivity contribution in [3.8, 4) is 0 Å². The first kappa shape index (κ1) is 86.2. The van der Waals surface area contributed by atoms with Crippen LogP contribution in [0.2, 0.25) is 0 Å². The Bertz CT molecular complexity index is 2550. The minimum Gasteiger partial charge on any atom is -0.396 e. The normalized spacial score (nSPS) is 26.4. The van der Waals surface area contributed by atoms with Crippen LogP contribution in [0, 0.1) is 35.5 Å². The van der Waals surface area contributed by atoms with Gasteiger partial charge in [-0.1, -0.05) is 95.2 Å². The smallest absolute Gasteiger partial charge is 0.246 e. The lowest BCUT2D eigenvalue weighted by Gasteiger charge is -2.41. The van der Waals surface area contributed by atoms with Crippen molar-refractivity contribution >= 4 is 76.7 Å². The Morgan fingerprint density at radius 3 is 1.45 bits per heavy atom. The zero-order chi connectivity index (χ0) is 72.7. The van der Waals surface area contributed by atoms with Crippen molar-refractivity contribution in [2.24, 2.45) is 35.5 Å². The molecular formula is C68H123N11O14S. The van der Waals surface area contributed by atoms with Crippen molar-refractivity contribution in [2.45, 2.75) is 247 Å². The van der Waals surface area contributed by atoms with Crippen molar-refractivity contribution in [1.82, 2.24) is 55.6 Å². The SMILES string of the molecule is C/C=C/C[C@@H](C)[C@@H](O)[C@H]1C(=O)N[C@@H](CC)C(=O)N(C)[C@H](CSCCCCO)C(=O)N(C)[C@@H](CC(C)(C)OC)C(=O)N[C@@H](C(C)C)C(=O)N(C)[C@@H](CC(C)C)C(=O)N[C@@H](C)C(=O)N[C@H](C)C(=O)N(C)[C@@H](CC(C)C)C(=O)N(C)[C@@H](CC(C)C)C(=O)N(C)[C@@H](C(C)C)C(=O)N1C. The van der Waals surface area contributed by atoms with Gasteiger partial charge in [0, 0.05) is 75.2 Å². The number of unbranched alkanes of at least 4 members (excludes halogenated alkanes) is 1. The number of likely N-dealkylation sites (N-methyl/N-ethyl adjacent to an activating group) is 7. The number of carbonyl (C=O) groups excluding carboxylic acids is 11. The van der Waals surface area contributed by atoms with Crippen LogP contribution in [0.5, 0.6) is 0 Å². The van der Waals surface area contributed by atoms with Gasteiger partial charge in [0.05, 0.1) is 11.7 Å². The fourth-order valence-corrected chi connectivity index (χ4v) is 12.7. The van der Waals surface area contributed by atoms with Crippen molar-refractivity contribution in [3.63, 3.8) is 0 Å². The summed E-state index contributed by atoms with van der Waals surface area (Å²) < 4.78 is 5.81. The van der Waals surface area contributed by atoms with Crippen LogP contribution in [-0.4, -0.2) is 262 Å². The Morgan fingerprint density at radius 1 is 0.521 bits per heavy atom. The van der Waals surface area contributed by atoms with Gasteiger partial charge in [-0.3, -0.25) is 52.7 Å². The zero-order valence-corrected chi connectivity index (χ0v) is 62.5. The summed E-state index contributed by atoms with van der Waals surface area (Å²) in [6.07, 6.45) is 3.63. The van der Waals surface area contributed by atoms with Crippen molar-refractivity contribution < 1.29 is 67.7 Å². The number of carbonyl (C=O) groups is 11. The van der Waals surface area contributed by atoms with Gasteiger partial charge in [-0.05, 0) is 121 Å². The summed E-state index contributed by atoms with van der Waals surface area (Å²) >= 11 is 1.33. The molecule has 0 unspecified atom stereocenters. The zero-order valence-electron chi connectivity index (χ0n) is 61.7. The predicted molar refractivity (Wildman–Crippen MR) is 367 cm³/mol. The molecule has 26 heteroatoms. The summed E-state index contributed by atoms with van der Waals surface area (Å²) in [6.45, 7) is 29.5. The second kappa shape index (κ2) is 40.0. The molecule has 0 aromatic carbocycles. The van der Waals surface area contributed by atoms with E-state index < -0.39 is 161 Å². The molecule has 1 fully saturated rings. The van der Waals surface area contributed by atoms with Crippen LogP contribution in [0.1, 0.15) is 169 Å². The second-order valence-corrected chi connectivity index (χ2v) is 29.5. The average Bonchev–Trinajstić information content (AvgIpc) is 0.818. The van der Waals surface area contributed by atoms with Crippen LogP contribution in [0.25, 0.3) is 0 Å². The van der Waals surface area contributed by atoms with E-state index in [1.54, 1.807) is 74.5 Å². The number of thioether (sulfide) groups is 1. The second-order valence-electron chi connectivity index (χ2n) is 28.4. The molecule has 1 heterocycles. The first-order chi connectivity index (χ1) is 43.5. The monoisotopic (exact) mass is 1350 g/mol. The van der Waals surface area contributed by atoms with E-state index in [1.165, 1.54) is 111 Å². The summed E-state index contributed by atoms with van der Waals surface area (Å²) in [6, 6.07) is -14.2. The summed E-state index contributed by atoms with van der Waals surface area (Å²) in [5.74, 6) is -9.64. The third kappa shape index (κ3) is 24.7. The number of hydrogen-bond donors (Lipinski definition) is 6. The lowest BCUT2D eigenvalue weighted by atomic mass is 9.91. The highest BCUT2D eigenvalue weighted by atomic mass is 32.2. The first-order valence-electron chi connectivity index (χ1n) is 33.6. The lowest BCUT2D eigenvalue weighted by molar-refractivity contribution is -0.157. The Labute approximate surface area is 567 Å². The van der Waals surface area contributed by atoms with Crippen LogP contribution in [0.15, 0.2) is 12.2 Å². The number of amides is 11. The Hall–Kier alpha value is -5.86. The maximum absolute atomic E-state index is 15.4. The first-order valence-corrected chi connectivity index (χ1v) is 34.8. The summed E-state index contributed by atoms with van der Waals surface area (Å²) in [7, 11) is 11.4. The molecule has 1 aliphatic heterocycles. The van der Waals surface area contributed by atoms with Gasteiger partial charge in [0.15, 0.2) is 0 Å². The van der Waals surface area contributed by atoms with Gasteiger partial charge in [-0.25, -0.2) is 0 Å². The number of aliphatic hydroxyl groups is 2. The van der Waals surface area contributed by atoms with E-state index in [2.05, 4.69) is 21.3 Å². The fraction of sp³-hybridized carbons (Fsp3) is 0.809. The number of allylic oxidation sites excluding steroid dienone is 2. The molecule has 1 saturated heterocycles. The Balaban J connectivity index is 4.59. The third-order valence-electron chi connectivity index (χ3n) is 17.9. The molecule has 6 N–H and O–H groups in total. The van der Waals surface area contributed by atoms with Gasteiger partial charge >= 0.3 is 0 Å². The summed E-state index contributed by atoms with van der Waals surface area (Å²) in [4.78, 5) is 173. The summed E-state index contributed by atoms with van der Waals surface area (Å²) in [5, 5.41) is 33.0. The minimum absolute atomic E-state index is 0.000712. The molecular weight excluding hydrogens is 1230 g/mol. The van der Waals surface area contributed by atoms with E-state index in [0.717, 1.165) is 4.90 Å². The van der Waals surface area contributed by atoms with Gasteiger partial charge in [-0.15, -0.1) is 0 Å². The third-order valence-corrected chi connectivity index (χ3v) is 19.0. The number of rotatable bonds is 22. The van der Waals surface area contributed by atoms with Crippen molar-refractivity contribution in [3.05, 3.63) is 12.2 Å². The van der Waals surface area contributed by atoms with E-state index >= 15 is 33.6 Å². The van der Waals surface area contributed by atoms with E-state index in [4.69, 9.17) is 4.74 Å². The largest absolute Gasteiger partial charge is 0.396 e. The molecule has 0 aromatic heterocycles. The molecule has 1 aliphatic rings. The molecule has 0 bridgehead atoms. The van der Waals surface area contributed by atoms with E-state index in [9.17, 15) is 29.4 Å². The minimum atomic E-state index is -1.66. The number of methoxy groups -OCH3 is 1. The summed E-state index contributed by atoms with van der Waals surface area (Å²) in [5.41, 5.74) is -1.06. The van der Waals surface area contributed by atoms with Gasteiger partial charge in [0.1, 0.15) is 66.5 Å². The molecule has 0 aliphatic carbocycles. The maximum Gasteiger partial charge on any atom is 0.246 e. The molecule has 0 saturated carbocycles. The van der Waals surface area contributed by atoms with Gasteiger partial charge in [0.2, 0.25) is 65.0 Å². The highest BCUT2D eigenvalue weighted by Crippen LogP contribution is 2.27. The van der Waals surface area contributed by atoms with Gasteiger partial charge < -0.3 is 70.5 Å². The van der Waals surface area contributed by atoms with E-state index in [1.807, 2.05) is 41.5 Å². The van der Waals surface area contributed by atoms with Gasteiger partial charge in [0.25, 0.3) is 0 Å². The van der Waals surface area contributed by atoms with Crippen molar-refractivity contribution in [1.29, 1.82) is 0 Å². The number of hydrogen-bond acceptors (Lipinski definition) is 15. The molecule has 0 aromatic rings. The van der Waals surface area contributed by atoms with E-state index in [0.29, 0.717) is 18.6 Å². The van der Waals surface area contributed by atoms with Crippen LogP contribution in [-0.2, 0) is 57.5 Å². The number of aliphatic hydroxyl groups excluding tert-OH is 2. The van der Waals surface area contributed by atoms with Crippen LogP contribution < -0.4 is 21.3 Å². The molecule has 1 rings (SSSR count). The van der Waals surface area contributed by atoms with Crippen LogP contribution >= 0.6 is 11.8 Å². The maximum atomic E-state index is 15.4. The molecule has 0 spiro atoms. The molecule has 11 amide bonds. The van der Waals surface area contributed by atoms with Crippen molar-refractivity contribution in [2.75, 3.05) is 74.6 Å². The highest BCUT2D eigenvalue weighted by Gasteiger charge is 2.47. The fourth-order valence-electron chi connectivity index (χ4n) is 11.6. The highest BCUT2D eigenvalue weighted by molar-refractivity contribution is 7.99. The Kier molecular flexibility index (Phi) is 36.7. The topological polar surface area (TPSA) is 308 Å². The molecule has 540 valence electrons. The van der Waals surface area contributed by atoms with Crippen LogP contribution in [0.3, 0.4) is 0 Å². The number of nitrogens with zero attached hydrogens (tertiary/aromatic N) is 7. The Morgan fingerprint density at radius 2 is 0.968 bits per heavy atom.